The summed E-state index contributed by atoms with van der Waals surface area (Å²) in [6.45, 7) is 1.78. The standard InChI is InChI=1S/C12H11BrINO4S/c1-3-9(16)11-6-4-7(13)8(15-20(2,17)18)5-10(6)19-12(11)14/h4-5,15H,3H2,1-2H3. The van der Waals surface area contributed by atoms with Crippen LogP contribution in [-0.4, -0.2) is 20.5 Å². The van der Waals surface area contributed by atoms with Gasteiger partial charge in [0.2, 0.25) is 10.0 Å². The fraction of sp³-hybridized carbons (Fsp3) is 0.250. The Balaban J connectivity index is 2.66. The Morgan fingerprint density at radius 3 is 2.65 bits per heavy atom. The van der Waals surface area contributed by atoms with Crippen LogP contribution < -0.4 is 4.72 Å². The van der Waals surface area contributed by atoms with Crippen LogP contribution in [0.1, 0.15) is 23.7 Å². The van der Waals surface area contributed by atoms with Gasteiger partial charge in [-0.2, -0.15) is 0 Å². The van der Waals surface area contributed by atoms with Gasteiger partial charge in [0.25, 0.3) is 0 Å². The first kappa shape index (κ1) is 15.8. The second-order valence-corrected chi connectivity index (χ2v) is 7.81. The van der Waals surface area contributed by atoms with Gasteiger partial charge < -0.3 is 4.42 Å². The molecule has 0 saturated carbocycles. The molecule has 0 radical (unpaired) electrons. The maximum atomic E-state index is 11.9. The average Bonchev–Trinajstić information content (AvgIpc) is 2.62. The fourth-order valence-corrected chi connectivity index (χ4v) is 3.77. The maximum absolute atomic E-state index is 11.9. The van der Waals surface area contributed by atoms with Crippen molar-refractivity contribution in [3.8, 4) is 0 Å². The molecule has 0 spiro atoms. The molecule has 5 nitrogen and oxygen atoms in total. The van der Waals surface area contributed by atoms with Crippen LogP contribution in [0.25, 0.3) is 11.0 Å². The molecule has 0 amide bonds. The van der Waals surface area contributed by atoms with Crippen LogP contribution in [0.5, 0.6) is 0 Å². The third-order valence-corrected chi connectivity index (χ3v) is 4.64. The van der Waals surface area contributed by atoms with Gasteiger partial charge in [0.1, 0.15) is 5.58 Å². The number of sulfonamides is 1. The van der Waals surface area contributed by atoms with Crippen LogP contribution in [0.15, 0.2) is 21.0 Å². The number of rotatable bonds is 4. The minimum atomic E-state index is -3.38. The Hall–Kier alpha value is -0.610. The van der Waals surface area contributed by atoms with E-state index in [1.54, 1.807) is 19.1 Å². The van der Waals surface area contributed by atoms with Gasteiger partial charge in [0, 0.05) is 44.9 Å². The summed E-state index contributed by atoms with van der Waals surface area (Å²) in [6.07, 6.45) is 1.45. The lowest BCUT2D eigenvalue weighted by Crippen LogP contribution is -2.09. The van der Waals surface area contributed by atoms with Crippen molar-refractivity contribution in [2.75, 3.05) is 11.0 Å². The summed E-state index contributed by atoms with van der Waals surface area (Å²) in [4.78, 5) is 11.9. The van der Waals surface area contributed by atoms with E-state index < -0.39 is 10.0 Å². The van der Waals surface area contributed by atoms with Crippen molar-refractivity contribution in [2.24, 2.45) is 0 Å². The molecule has 0 aliphatic rings. The van der Waals surface area contributed by atoms with Gasteiger partial charge in [-0.05, 0) is 22.0 Å². The van der Waals surface area contributed by atoms with E-state index in [1.807, 2.05) is 22.6 Å². The second kappa shape index (κ2) is 5.64. The Morgan fingerprint density at radius 2 is 2.10 bits per heavy atom. The number of halogens is 2. The highest BCUT2D eigenvalue weighted by atomic mass is 127. The van der Waals surface area contributed by atoms with Crippen molar-refractivity contribution < 1.29 is 17.6 Å². The Morgan fingerprint density at radius 1 is 1.45 bits per heavy atom. The summed E-state index contributed by atoms with van der Waals surface area (Å²) in [5, 5.41) is 0.673. The van der Waals surface area contributed by atoms with E-state index >= 15 is 0 Å². The van der Waals surface area contributed by atoms with E-state index in [4.69, 9.17) is 4.42 Å². The highest BCUT2D eigenvalue weighted by molar-refractivity contribution is 14.1. The number of furan rings is 1. The fourth-order valence-electron chi connectivity index (χ4n) is 1.80. The van der Waals surface area contributed by atoms with Crippen LogP contribution >= 0.6 is 38.5 Å². The Kier molecular flexibility index (Phi) is 4.45. The Labute approximate surface area is 138 Å². The van der Waals surface area contributed by atoms with Crippen LogP contribution in [0.2, 0.25) is 0 Å². The molecule has 0 aliphatic heterocycles. The van der Waals surface area contributed by atoms with Gasteiger partial charge >= 0.3 is 0 Å². The van der Waals surface area contributed by atoms with E-state index in [-0.39, 0.29) is 5.78 Å². The number of carbonyl (C=O) groups excluding carboxylic acids is 1. The first-order chi connectivity index (χ1) is 9.23. The normalized spacial score (nSPS) is 11.8. The molecule has 20 heavy (non-hydrogen) atoms. The zero-order chi connectivity index (χ0) is 15.1. The van der Waals surface area contributed by atoms with Crippen LogP contribution in [0.4, 0.5) is 5.69 Å². The van der Waals surface area contributed by atoms with Crippen LogP contribution in [0, 0.1) is 3.77 Å². The third kappa shape index (κ3) is 3.17. The highest BCUT2D eigenvalue weighted by Gasteiger charge is 2.20. The molecule has 0 saturated heterocycles. The van der Waals surface area contributed by atoms with E-state index in [0.717, 1.165) is 6.26 Å². The van der Waals surface area contributed by atoms with Crippen molar-refractivity contribution in [1.82, 2.24) is 0 Å². The molecule has 2 aromatic rings. The summed E-state index contributed by atoms with van der Waals surface area (Å²) in [6, 6.07) is 3.26. The van der Waals surface area contributed by atoms with Gasteiger partial charge in [-0.1, -0.05) is 6.92 Å². The monoisotopic (exact) mass is 471 g/mol. The average molecular weight is 472 g/mol. The van der Waals surface area contributed by atoms with Crippen molar-refractivity contribution >= 4 is 71.0 Å². The quantitative estimate of drug-likeness (QED) is 0.544. The van der Waals surface area contributed by atoms with E-state index in [2.05, 4.69) is 20.7 Å². The number of hydrogen-bond donors (Lipinski definition) is 1. The summed E-state index contributed by atoms with van der Waals surface area (Å²) in [5.41, 5.74) is 1.39. The molecule has 2 rings (SSSR count). The second-order valence-electron chi connectivity index (χ2n) is 4.23. The maximum Gasteiger partial charge on any atom is 0.229 e. The van der Waals surface area contributed by atoms with Crippen LogP contribution in [-0.2, 0) is 10.0 Å². The molecule has 0 bridgehead atoms. The van der Waals surface area contributed by atoms with Gasteiger partial charge in [-0.25, -0.2) is 8.42 Å². The van der Waals surface area contributed by atoms with Crippen molar-refractivity contribution in [3.63, 3.8) is 0 Å². The number of ketones is 1. The molecule has 0 atom stereocenters. The lowest BCUT2D eigenvalue weighted by molar-refractivity contribution is 0.0987. The highest BCUT2D eigenvalue weighted by Crippen LogP contribution is 2.35. The van der Waals surface area contributed by atoms with E-state index in [9.17, 15) is 13.2 Å². The molecule has 0 aliphatic carbocycles. The minimum Gasteiger partial charge on any atom is -0.449 e. The summed E-state index contributed by atoms with van der Waals surface area (Å²) >= 11 is 5.26. The molecule has 8 heteroatoms. The zero-order valence-electron chi connectivity index (χ0n) is 10.7. The summed E-state index contributed by atoms with van der Waals surface area (Å²) in [7, 11) is -3.38. The molecular formula is C12H11BrINO4S. The number of Topliss-reactive ketones (excluding diaryl/α,β-unsaturated/α-hetero) is 1. The molecule has 0 unspecified atom stereocenters. The number of carbonyl (C=O) groups is 1. The number of anilines is 1. The third-order valence-electron chi connectivity index (χ3n) is 2.63. The Bertz CT molecular complexity index is 797. The number of fused-ring (bicyclic) bond motifs is 1. The molecule has 108 valence electrons. The summed E-state index contributed by atoms with van der Waals surface area (Å²) < 4.78 is 31.6. The first-order valence-corrected chi connectivity index (χ1v) is 9.41. The molecule has 1 aromatic carbocycles. The SMILES string of the molecule is CCC(=O)c1c(I)oc2cc(NS(C)(=O)=O)c(Br)cc12. The minimum absolute atomic E-state index is 0.0103. The van der Waals surface area contributed by atoms with Gasteiger partial charge in [0.15, 0.2) is 9.55 Å². The lowest BCUT2D eigenvalue weighted by Gasteiger charge is -2.06. The topological polar surface area (TPSA) is 76.4 Å². The smallest absolute Gasteiger partial charge is 0.229 e. The molecular weight excluding hydrogens is 461 g/mol. The van der Waals surface area contributed by atoms with Crippen molar-refractivity contribution in [2.45, 2.75) is 13.3 Å². The molecule has 0 fully saturated rings. The number of hydrogen-bond acceptors (Lipinski definition) is 4. The molecule has 1 heterocycles. The number of benzene rings is 1. The lowest BCUT2D eigenvalue weighted by atomic mass is 10.1. The van der Waals surface area contributed by atoms with Crippen molar-refractivity contribution in [3.05, 3.63) is 25.9 Å². The first-order valence-electron chi connectivity index (χ1n) is 5.65. The predicted octanol–water partition coefficient (Wildman–Crippen LogP) is 3.76. The van der Waals surface area contributed by atoms with E-state index in [1.165, 1.54) is 0 Å². The zero-order valence-corrected chi connectivity index (χ0v) is 15.2. The van der Waals surface area contributed by atoms with Crippen molar-refractivity contribution in [1.29, 1.82) is 0 Å². The van der Waals surface area contributed by atoms with Gasteiger partial charge in [0.05, 0.1) is 17.5 Å². The summed E-state index contributed by atoms with van der Waals surface area (Å²) in [5.74, 6) is -0.0103. The molecule has 1 aromatic heterocycles. The van der Waals surface area contributed by atoms with Crippen LogP contribution in [0.3, 0.4) is 0 Å². The number of nitrogens with one attached hydrogen (secondary N) is 1. The predicted molar refractivity (Wildman–Crippen MR) is 89.7 cm³/mol. The van der Waals surface area contributed by atoms with Gasteiger partial charge in [-0.15, -0.1) is 0 Å². The van der Waals surface area contributed by atoms with E-state index in [0.29, 0.717) is 36.9 Å². The molecule has 1 N–H and O–H groups in total. The van der Waals surface area contributed by atoms with Gasteiger partial charge in [-0.3, -0.25) is 9.52 Å². The largest absolute Gasteiger partial charge is 0.449 e.